The van der Waals surface area contributed by atoms with Gasteiger partial charge in [-0.1, -0.05) is 23.5 Å². The molecule has 1 aromatic carbocycles. The number of fused-ring (bicyclic) bond motifs is 1. The van der Waals surface area contributed by atoms with Gasteiger partial charge in [-0.05, 0) is 24.3 Å². The van der Waals surface area contributed by atoms with Gasteiger partial charge in [0.25, 0.3) is 0 Å². The maximum absolute atomic E-state index is 5.72. The molecular weight excluding hydrogens is 338 g/mol. The summed E-state index contributed by atoms with van der Waals surface area (Å²) in [5.74, 6) is 1.43. The lowest BCUT2D eigenvalue weighted by atomic mass is 10.0. The quantitative estimate of drug-likeness (QED) is 0.726. The second-order valence-corrected chi connectivity index (χ2v) is 6.21. The molecular formula is C17H15N5O2S. The number of nitrogens with zero attached hydrogens (tertiary/aromatic N) is 4. The van der Waals surface area contributed by atoms with E-state index in [0.29, 0.717) is 23.9 Å². The van der Waals surface area contributed by atoms with Crippen LogP contribution < -0.4 is 14.9 Å². The Bertz CT molecular complexity index is 910. The van der Waals surface area contributed by atoms with Crippen LogP contribution in [0, 0.1) is 0 Å². The van der Waals surface area contributed by atoms with Gasteiger partial charge in [-0.2, -0.15) is 5.10 Å². The van der Waals surface area contributed by atoms with Crippen LogP contribution in [0.3, 0.4) is 0 Å². The van der Waals surface area contributed by atoms with Crippen molar-refractivity contribution in [2.45, 2.75) is 6.42 Å². The third-order valence-electron chi connectivity index (χ3n) is 3.69. The van der Waals surface area contributed by atoms with Crippen LogP contribution in [-0.4, -0.2) is 34.6 Å². The highest BCUT2D eigenvalue weighted by molar-refractivity contribution is 7.18. The van der Waals surface area contributed by atoms with Gasteiger partial charge < -0.3 is 9.47 Å². The molecule has 0 fully saturated rings. The monoisotopic (exact) mass is 353 g/mol. The summed E-state index contributed by atoms with van der Waals surface area (Å²) < 4.78 is 11.1. The number of anilines is 1. The number of rotatable bonds is 4. The number of para-hydroxylation sites is 1. The number of pyridine rings is 1. The summed E-state index contributed by atoms with van der Waals surface area (Å²) in [7, 11) is 1.63. The summed E-state index contributed by atoms with van der Waals surface area (Å²) in [4.78, 5) is 4.28. The van der Waals surface area contributed by atoms with Crippen molar-refractivity contribution in [1.29, 1.82) is 0 Å². The number of hydrazone groups is 1. The third kappa shape index (κ3) is 3.16. The zero-order chi connectivity index (χ0) is 17.1. The summed E-state index contributed by atoms with van der Waals surface area (Å²) in [6.07, 6.45) is 2.44. The average Bonchev–Trinajstić information content (AvgIpc) is 3.15. The number of hydrogen-bond donors (Lipinski definition) is 1. The molecule has 0 spiro atoms. The van der Waals surface area contributed by atoms with Gasteiger partial charge in [-0.3, -0.25) is 10.4 Å². The van der Waals surface area contributed by atoms with Gasteiger partial charge in [0, 0.05) is 18.2 Å². The highest BCUT2D eigenvalue weighted by Crippen LogP contribution is 2.35. The molecule has 3 aromatic rings. The Balaban J connectivity index is 1.57. The molecule has 0 amide bonds. The maximum Gasteiger partial charge on any atom is 0.226 e. The van der Waals surface area contributed by atoms with Crippen LogP contribution in [0.4, 0.5) is 5.13 Å². The number of ether oxygens (including phenoxy) is 2. The topological polar surface area (TPSA) is 81.5 Å². The van der Waals surface area contributed by atoms with Crippen LogP contribution in [0.15, 0.2) is 47.7 Å². The molecule has 0 saturated carbocycles. The molecule has 25 heavy (non-hydrogen) atoms. The molecule has 0 aliphatic carbocycles. The van der Waals surface area contributed by atoms with Crippen molar-refractivity contribution < 1.29 is 9.47 Å². The fourth-order valence-corrected chi connectivity index (χ4v) is 3.19. The number of hydrogen-bond acceptors (Lipinski definition) is 8. The van der Waals surface area contributed by atoms with E-state index >= 15 is 0 Å². The van der Waals surface area contributed by atoms with E-state index in [1.54, 1.807) is 13.3 Å². The Labute approximate surface area is 148 Å². The first kappa shape index (κ1) is 15.5. The first-order valence-corrected chi connectivity index (χ1v) is 8.54. The standard InChI is InChI=1S/C17H15N5O2S/c1-23-14-7-4-5-11-12(8-10-24-15(11)14)19-21-17-22-20-16(25-17)13-6-2-3-9-18-13/h2-7,9H,8,10H2,1H3,(H,21,22). The Kier molecular flexibility index (Phi) is 4.26. The molecule has 0 radical (unpaired) electrons. The van der Waals surface area contributed by atoms with E-state index < -0.39 is 0 Å². The van der Waals surface area contributed by atoms with E-state index in [9.17, 15) is 0 Å². The molecule has 0 atom stereocenters. The molecule has 0 bridgehead atoms. The van der Waals surface area contributed by atoms with Crippen molar-refractivity contribution in [3.8, 4) is 22.2 Å². The van der Waals surface area contributed by atoms with Gasteiger partial charge in [0.1, 0.15) is 5.69 Å². The number of aromatic nitrogens is 3. The minimum atomic E-state index is 0.559. The van der Waals surface area contributed by atoms with Gasteiger partial charge in [-0.25, -0.2) is 0 Å². The lowest BCUT2D eigenvalue weighted by Crippen LogP contribution is -2.18. The summed E-state index contributed by atoms with van der Waals surface area (Å²) in [5, 5.41) is 14.1. The first-order chi connectivity index (χ1) is 12.3. The molecule has 1 aliphatic heterocycles. The van der Waals surface area contributed by atoms with Crippen LogP contribution >= 0.6 is 11.3 Å². The fourth-order valence-electron chi connectivity index (χ4n) is 2.53. The number of benzene rings is 1. The van der Waals surface area contributed by atoms with Gasteiger partial charge >= 0.3 is 0 Å². The maximum atomic E-state index is 5.72. The molecule has 1 aliphatic rings. The minimum Gasteiger partial charge on any atom is -0.493 e. The van der Waals surface area contributed by atoms with E-state index in [1.807, 2.05) is 36.4 Å². The minimum absolute atomic E-state index is 0.559. The lowest BCUT2D eigenvalue weighted by Gasteiger charge is -2.20. The normalized spacial score (nSPS) is 14.7. The molecule has 4 rings (SSSR count). The number of methoxy groups -OCH3 is 1. The summed E-state index contributed by atoms with van der Waals surface area (Å²) in [5.41, 5.74) is 5.61. The SMILES string of the molecule is COc1cccc2c1OCCC2=NNc1nnc(-c2ccccn2)s1. The molecule has 2 aromatic heterocycles. The van der Waals surface area contributed by atoms with E-state index in [1.165, 1.54) is 11.3 Å². The second-order valence-electron chi connectivity index (χ2n) is 5.23. The molecule has 8 heteroatoms. The predicted octanol–water partition coefficient (Wildman–Crippen LogP) is 3.21. The molecule has 7 nitrogen and oxygen atoms in total. The lowest BCUT2D eigenvalue weighted by molar-refractivity contribution is 0.295. The molecule has 0 unspecified atom stereocenters. The highest BCUT2D eigenvalue weighted by atomic mass is 32.1. The largest absolute Gasteiger partial charge is 0.493 e. The summed E-state index contributed by atoms with van der Waals surface area (Å²) >= 11 is 1.40. The van der Waals surface area contributed by atoms with Crippen molar-refractivity contribution in [1.82, 2.24) is 15.2 Å². The van der Waals surface area contributed by atoms with Crippen LogP contribution in [0.1, 0.15) is 12.0 Å². The molecule has 126 valence electrons. The average molecular weight is 353 g/mol. The Morgan fingerprint density at radius 1 is 1.20 bits per heavy atom. The highest BCUT2D eigenvalue weighted by Gasteiger charge is 2.20. The van der Waals surface area contributed by atoms with Gasteiger partial charge in [0.15, 0.2) is 16.5 Å². The Hall–Kier alpha value is -3.00. The van der Waals surface area contributed by atoms with Crippen LogP contribution in [0.2, 0.25) is 0 Å². The summed E-state index contributed by atoms with van der Waals surface area (Å²) in [6, 6.07) is 11.5. The third-order valence-corrected chi connectivity index (χ3v) is 4.54. The second kappa shape index (κ2) is 6.86. The van der Waals surface area contributed by atoms with Crippen molar-refractivity contribution >= 4 is 22.2 Å². The van der Waals surface area contributed by atoms with Crippen molar-refractivity contribution in [2.75, 3.05) is 19.1 Å². The van der Waals surface area contributed by atoms with Crippen LogP contribution in [0.5, 0.6) is 11.5 Å². The Morgan fingerprint density at radius 3 is 3.00 bits per heavy atom. The number of nitrogens with one attached hydrogen (secondary N) is 1. The van der Waals surface area contributed by atoms with Crippen molar-refractivity contribution in [2.24, 2.45) is 5.10 Å². The zero-order valence-corrected chi connectivity index (χ0v) is 14.3. The van der Waals surface area contributed by atoms with Gasteiger partial charge in [-0.15, -0.1) is 10.2 Å². The Morgan fingerprint density at radius 2 is 2.16 bits per heavy atom. The van der Waals surface area contributed by atoms with Crippen LogP contribution in [0.25, 0.3) is 10.7 Å². The predicted molar refractivity (Wildman–Crippen MR) is 96.4 cm³/mol. The van der Waals surface area contributed by atoms with E-state index in [-0.39, 0.29) is 0 Å². The first-order valence-electron chi connectivity index (χ1n) is 7.73. The van der Waals surface area contributed by atoms with Gasteiger partial charge in [0.2, 0.25) is 5.13 Å². The molecule has 3 heterocycles. The van der Waals surface area contributed by atoms with Crippen LogP contribution in [-0.2, 0) is 0 Å². The fraction of sp³-hybridized carbons (Fsp3) is 0.176. The van der Waals surface area contributed by atoms with E-state index in [0.717, 1.165) is 27.7 Å². The van der Waals surface area contributed by atoms with E-state index in [4.69, 9.17) is 9.47 Å². The van der Waals surface area contributed by atoms with Crippen molar-refractivity contribution in [3.05, 3.63) is 48.2 Å². The molecule has 1 N–H and O–H groups in total. The summed E-state index contributed by atoms with van der Waals surface area (Å²) in [6.45, 7) is 0.559. The van der Waals surface area contributed by atoms with Crippen molar-refractivity contribution in [3.63, 3.8) is 0 Å². The van der Waals surface area contributed by atoms with E-state index in [2.05, 4.69) is 25.7 Å². The zero-order valence-electron chi connectivity index (χ0n) is 13.5. The smallest absolute Gasteiger partial charge is 0.226 e. The van der Waals surface area contributed by atoms with Gasteiger partial charge in [0.05, 0.1) is 19.4 Å². The molecule has 0 saturated heterocycles.